The third-order valence-corrected chi connectivity index (χ3v) is 1.43. The molecule has 7 heteroatoms. The normalized spacial score (nSPS) is 11.3. The summed E-state index contributed by atoms with van der Waals surface area (Å²) in [6.07, 6.45) is -5.72. The molecule has 2 N–H and O–H groups in total. The van der Waals surface area contributed by atoms with Crippen molar-refractivity contribution in [3.05, 3.63) is 11.6 Å². The number of aromatic nitrogens is 1. The van der Waals surface area contributed by atoms with Crippen molar-refractivity contribution in [2.45, 2.75) is 19.0 Å². The van der Waals surface area contributed by atoms with E-state index in [9.17, 15) is 13.2 Å². The SMILES string of the molecule is N#Cc1nc(CCC(F)(F)F)oc1N. The Kier molecular flexibility index (Phi) is 2.65. The molecule has 0 bridgehead atoms. The minimum absolute atomic E-state index is 0.170. The van der Waals surface area contributed by atoms with Crippen LogP contribution in [0.15, 0.2) is 4.42 Å². The standard InChI is InChI=1S/C7H6F3N3O/c8-7(9,10)2-1-5-13-4(3-11)6(12)14-5/h1-2,12H2. The van der Waals surface area contributed by atoms with Gasteiger partial charge in [-0.05, 0) is 0 Å². The Morgan fingerprint density at radius 1 is 1.50 bits per heavy atom. The van der Waals surface area contributed by atoms with Gasteiger partial charge in [0.25, 0.3) is 0 Å². The van der Waals surface area contributed by atoms with Crippen LogP contribution in [-0.2, 0) is 6.42 Å². The molecule has 0 radical (unpaired) electrons. The van der Waals surface area contributed by atoms with Gasteiger partial charge in [0.15, 0.2) is 5.89 Å². The number of oxazole rings is 1. The van der Waals surface area contributed by atoms with Crippen LogP contribution in [0.3, 0.4) is 0 Å². The molecule has 1 aromatic rings. The van der Waals surface area contributed by atoms with Gasteiger partial charge in [0.2, 0.25) is 11.6 Å². The molecule has 0 amide bonds. The molecule has 1 rings (SSSR count). The fourth-order valence-corrected chi connectivity index (χ4v) is 0.814. The van der Waals surface area contributed by atoms with E-state index in [0.29, 0.717) is 0 Å². The van der Waals surface area contributed by atoms with Crippen LogP contribution in [-0.4, -0.2) is 11.2 Å². The maximum atomic E-state index is 11.8. The number of nitrogens with two attached hydrogens (primary N) is 1. The number of nitrogens with zero attached hydrogens (tertiary/aromatic N) is 2. The lowest BCUT2D eigenvalue weighted by atomic mass is 10.3. The maximum absolute atomic E-state index is 11.8. The minimum atomic E-state index is -4.27. The second kappa shape index (κ2) is 3.57. The number of hydrogen-bond donors (Lipinski definition) is 1. The van der Waals surface area contributed by atoms with Crippen molar-refractivity contribution in [3.63, 3.8) is 0 Å². The molecule has 1 aromatic heterocycles. The van der Waals surface area contributed by atoms with E-state index >= 15 is 0 Å². The molecule has 0 atom stereocenters. The lowest BCUT2D eigenvalue weighted by Crippen LogP contribution is -2.08. The Morgan fingerprint density at radius 3 is 2.57 bits per heavy atom. The van der Waals surface area contributed by atoms with Crippen molar-refractivity contribution in [2.75, 3.05) is 5.73 Å². The molecule has 14 heavy (non-hydrogen) atoms. The first kappa shape index (κ1) is 10.4. The van der Waals surface area contributed by atoms with Gasteiger partial charge in [-0.15, -0.1) is 0 Å². The van der Waals surface area contributed by atoms with E-state index in [1.165, 1.54) is 0 Å². The molecular formula is C7H6F3N3O. The zero-order chi connectivity index (χ0) is 10.8. The summed E-state index contributed by atoms with van der Waals surface area (Å²) in [5.41, 5.74) is 4.98. The zero-order valence-electron chi connectivity index (χ0n) is 6.93. The molecule has 0 aliphatic heterocycles. The van der Waals surface area contributed by atoms with Gasteiger partial charge in [0.1, 0.15) is 6.07 Å². The number of alkyl halides is 3. The van der Waals surface area contributed by atoms with Gasteiger partial charge >= 0.3 is 6.18 Å². The van der Waals surface area contributed by atoms with E-state index < -0.39 is 19.0 Å². The van der Waals surface area contributed by atoms with E-state index in [2.05, 4.69) is 9.40 Å². The number of aryl methyl sites for hydroxylation is 1. The molecule has 0 spiro atoms. The summed E-state index contributed by atoms with van der Waals surface area (Å²) >= 11 is 0. The number of nitrogen functional groups attached to an aromatic ring is 1. The number of nitriles is 1. The average Bonchev–Trinajstić information content (AvgIpc) is 2.42. The molecule has 0 unspecified atom stereocenters. The smallest absolute Gasteiger partial charge is 0.389 e. The number of hydrogen-bond acceptors (Lipinski definition) is 4. The predicted octanol–water partition coefficient (Wildman–Crippen LogP) is 1.62. The fourth-order valence-electron chi connectivity index (χ4n) is 0.814. The minimum Gasteiger partial charge on any atom is -0.424 e. The average molecular weight is 205 g/mol. The molecule has 0 saturated heterocycles. The maximum Gasteiger partial charge on any atom is 0.389 e. The molecule has 76 valence electrons. The van der Waals surface area contributed by atoms with Crippen molar-refractivity contribution in [3.8, 4) is 6.07 Å². The van der Waals surface area contributed by atoms with Crippen LogP contribution in [0.25, 0.3) is 0 Å². The summed E-state index contributed by atoms with van der Waals surface area (Å²) in [7, 11) is 0. The second-order valence-corrected chi connectivity index (χ2v) is 2.55. The molecule has 1 heterocycles. The molecule has 0 aliphatic rings. The van der Waals surface area contributed by atoms with Crippen molar-refractivity contribution in [2.24, 2.45) is 0 Å². The highest BCUT2D eigenvalue weighted by atomic mass is 19.4. The number of anilines is 1. The first-order valence-electron chi connectivity index (χ1n) is 3.64. The van der Waals surface area contributed by atoms with Gasteiger partial charge < -0.3 is 10.2 Å². The summed E-state index contributed by atoms with van der Waals surface area (Å²) < 4.78 is 39.9. The van der Waals surface area contributed by atoms with E-state index in [1.54, 1.807) is 6.07 Å². The van der Waals surface area contributed by atoms with E-state index in [1.807, 2.05) is 0 Å². The molecule has 0 aliphatic carbocycles. The summed E-state index contributed by atoms with van der Waals surface area (Å²) in [6.45, 7) is 0. The second-order valence-electron chi connectivity index (χ2n) is 2.55. The van der Waals surface area contributed by atoms with Crippen LogP contribution in [0, 0.1) is 11.3 Å². The van der Waals surface area contributed by atoms with Crippen molar-refractivity contribution in [1.82, 2.24) is 4.98 Å². The Bertz CT molecular complexity index is 363. The van der Waals surface area contributed by atoms with Gasteiger partial charge in [-0.2, -0.15) is 18.4 Å². The number of halogens is 3. The van der Waals surface area contributed by atoms with E-state index in [4.69, 9.17) is 11.0 Å². The molecule has 0 fully saturated rings. The third-order valence-electron chi connectivity index (χ3n) is 1.43. The summed E-state index contributed by atoms with van der Waals surface area (Å²) in [5, 5.41) is 8.39. The highest BCUT2D eigenvalue weighted by Gasteiger charge is 2.27. The van der Waals surface area contributed by atoms with Gasteiger partial charge in [-0.1, -0.05) is 0 Å². The first-order valence-corrected chi connectivity index (χ1v) is 3.64. The van der Waals surface area contributed by atoms with Crippen molar-refractivity contribution in [1.29, 1.82) is 5.26 Å². The Balaban J connectivity index is 2.66. The van der Waals surface area contributed by atoms with Gasteiger partial charge in [-0.3, -0.25) is 0 Å². The summed E-state index contributed by atoms with van der Waals surface area (Å²) in [4.78, 5) is 3.48. The van der Waals surface area contributed by atoms with Crippen molar-refractivity contribution >= 4 is 5.88 Å². The lowest BCUT2D eigenvalue weighted by molar-refractivity contribution is -0.134. The zero-order valence-corrected chi connectivity index (χ0v) is 6.93. The van der Waals surface area contributed by atoms with Gasteiger partial charge in [0.05, 0.1) is 6.42 Å². The predicted molar refractivity (Wildman–Crippen MR) is 40.0 cm³/mol. The Hall–Kier alpha value is -1.71. The van der Waals surface area contributed by atoms with Crippen LogP contribution < -0.4 is 5.73 Å². The topological polar surface area (TPSA) is 75.8 Å². The highest BCUT2D eigenvalue weighted by molar-refractivity contribution is 5.40. The molecule has 0 aromatic carbocycles. The Labute approximate surface area is 77.1 Å². The monoisotopic (exact) mass is 205 g/mol. The first-order chi connectivity index (χ1) is 6.42. The fraction of sp³-hybridized carbons (Fsp3) is 0.429. The molecule has 0 saturated carbocycles. The van der Waals surface area contributed by atoms with Crippen LogP contribution in [0.4, 0.5) is 19.1 Å². The van der Waals surface area contributed by atoms with Gasteiger partial charge in [-0.25, -0.2) is 4.98 Å². The van der Waals surface area contributed by atoms with Crippen LogP contribution >= 0.6 is 0 Å². The van der Waals surface area contributed by atoms with E-state index in [-0.39, 0.29) is 17.5 Å². The summed E-state index contributed by atoms with van der Waals surface area (Å²) in [5.74, 6) is -0.416. The van der Waals surface area contributed by atoms with Gasteiger partial charge in [0, 0.05) is 6.42 Å². The molecular weight excluding hydrogens is 199 g/mol. The quantitative estimate of drug-likeness (QED) is 0.795. The molecule has 4 nitrogen and oxygen atoms in total. The largest absolute Gasteiger partial charge is 0.424 e. The van der Waals surface area contributed by atoms with Crippen molar-refractivity contribution < 1.29 is 17.6 Å². The third kappa shape index (κ3) is 2.65. The van der Waals surface area contributed by atoms with E-state index in [0.717, 1.165) is 0 Å². The van der Waals surface area contributed by atoms with Crippen LogP contribution in [0.2, 0.25) is 0 Å². The lowest BCUT2D eigenvalue weighted by Gasteiger charge is -2.02. The Morgan fingerprint density at radius 2 is 2.14 bits per heavy atom. The number of rotatable bonds is 2. The summed E-state index contributed by atoms with van der Waals surface area (Å²) in [6, 6.07) is 1.60. The highest BCUT2D eigenvalue weighted by Crippen LogP contribution is 2.23. The van der Waals surface area contributed by atoms with Crippen LogP contribution in [0.5, 0.6) is 0 Å². The van der Waals surface area contributed by atoms with Crippen LogP contribution in [0.1, 0.15) is 18.0 Å².